The second-order valence-electron chi connectivity index (χ2n) is 5.60. The van der Waals surface area contributed by atoms with Crippen LogP contribution in [0.5, 0.6) is 0 Å². The van der Waals surface area contributed by atoms with Gasteiger partial charge in [0.1, 0.15) is 10.8 Å². The second kappa shape index (κ2) is 5.22. The van der Waals surface area contributed by atoms with Crippen molar-refractivity contribution in [1.82, 2.24) is 14.5 Å². The number of thiazole rings is 1. The van der Waals surface area contributed by atoms with E-state index in [0.717, 1.165) is 30.2 Å². The average Bonchev–Trinajstić information content (AvgIpc) is 2.89. The van der Waals surface area contributed by atoms with Crippen LogP contribution in [0.4, 0.5) is 0 Å². The Bertz CT molecular complexity index is 505. The number of aryl methyl sites for hydroxylation is 1. The third kappa shape index (κ3) is 2.99. The van der Waals surface area contributed by atoms with Crippen molar-refractivity contribution in [2.75, 3.05) is 0 Å². The van der Waals surface area contributed by atoms with Crippen molar-refractivity contribution in [3.63, 3.8) is 0 Å². The largest absolute Gasteiger partial charge is 0.328 e. The molecule has 18 heavy (non-hydrogen) atoms. The summed E-state index contributed by atoms with van der Waals surface area (Å²) in [4.78, 5) is 9.12. The van der Waals surface area contributed by atoms with Gasteiger partial charge in [0.15, 0.2) is 0 Å². The summed E-state index contributed by atoms with van der Waals surface area (Å²) in [5.74, 6) is 1.16. The SMILES string of the molecule is CCCc1nccn1Cc1nc(C(C)(C)C)cs1. The maximum atomic E-state index is 4.73. The van der Waals surface area contributed by atoms with Crippen molar-refractivity contribution in [1.29, 1.82) is 0 Å². The van der Waals surface area contributed by atoms with Gasteiger partial charge in [0, 0.05) is 29.6 Å². The molecule has 98 valence electrons. The Balaban J connectivity index is 2.14. The minimum Gasteiger partial charge on any atom is -0.328 e. The fraction of sp³-hybridized carbons (Fsp3) is 0.571. The van der Waals surface area contributed by atoms with Gasteiger partial charge in [-0.3, -0.25) is 0 Å². The van der Waals surface area contributed by atoms with Gasteiger partial charge >= 0.3 is 0 Å². The quantitative estimate of drug-likeness (QED) is 0.843. The van der Waals surface area contributed by atoms with Gasteiger partial charge in [-0.25, -0.2) is 9.97 Å². The summed E-state index contributed by atoms with van der Waals surface area (Å²) >= 11 is 1.74. The third-order valence-corrected chi connectivity index (χ3v) is 3.73. The zero-order chi connectivity index (χ0) is 13.2. The molecule has 0 saturated heterocycles. The predicted octanol–water partition coefficient (Wildman–Crippen LogP) is 3.64. The lowest BCUT2D eigenvalue weighted by molar-refractivity contribution is 0.569. The highest BCUT2D eigenvalue weighted by Crippen LogP contribution is 2.24. The molecule has 0 bridgehead atoms. The van der Waals surface area contributed by atoms with E-state index in [2.05, 4.69) is 42.6 Å². The van der Waals surface area contributed by atoms with Gasteiger partial charge in [0.05, 0.1) is 12.2 Å². The standard InChI is InChI=1S/C14H21N3S/c1-5-6-12-15-7-8-17(12)9-13-16-11(10-18-13)14(2,3)4/h7-8,10H,5-6,9H2,1-4H3. The van der Waals surface area contributed by atoms with Crippen molar-refractivity contribution in [3.8, 4) is 0 Å². The predicted molar refractivity (Wildman–Crippen MR) is 76.1 cm³/mol. The number of hydrogen-bond donors (Lipinski definition) is 0. The Labute approximate surface area is 113 Å². The first-order valence-electron chi connectivity index (χ1n) is 6.45. The summed E-state index contributed by atoms with van der Waals surface area (Å²) in [7, 11) is 0. The van der Waals surface area contributed by atoms with Gasteiger partial charge in [-0.15, -0.1) is 11.3 Å². The molecule has 0 aromatic carbocycles. The molecule has 3 nitrogen and oxygen atoms in total. The molecule has 0 saturated carbocycles. The fourth-order valence-electron chi connectivity index (χ4n) is 1.81. The molecule has 4 heteroatoms. The minimum absolute atomic E-state index is 0.135. The molecule has 0 spiro atoms. The van der Waals surface area contributed by atoms with E-state index in [4.69, 9.17) is 4.98 Å². The van der Waals surface area contributed by atoms with Crippen molar-refractivity contribution in [2.24, 2.45) is 0 Å². The Morgan fingerprint density at radius 2 is 2.11 bits per heavy atom. The van der Waals surface area contributed by atoms with Crippen LogP contribution in [0.15, 0.2) is 17.8 Å². The second-order valence-corrected chi connectivity index (χ2v) is 6.54. The van der Waals surface area contributed by atoms with Crippen molar-refractivity contribution < 1.29 is 0 Å². The first-order valence-corrected chi connectivity index (χ1v) is 7.33. The molecule has 0 N–H and O–H groups in total. The Morgan fingerprint density at radius 1 is 1.33 bits per heavy atom. The van der Waals surface area contributed by atoms with Gasteiger partial charge in [-0.2, -0.15) is 0 Å². The van der Waals surface area contributed by atoms with Crippen molar-refractivity contribution >= 4 is 11.3 Å². The highest BCUT2D eigenvalue weighted by molar-refractivity contribution is 7.09. The molecule has 0 fully saturated rings. The third-order valence-electron chi connectivity index (χ3n) is 2.90. The van der Waals surface area contributed by atoms with Crippen LogP contribution in [0.25, 0.3) is 0 Å². The summed E-state index contributed by atoms with van der Waals surface area (Å²) in [6.07, 6.45) is 6.08. The average molecular weight is 263 g/mol. The van der Waals surface area contributed by atoms with E-state index < -0.39 is 0 Å². The van der Waals surface area contributed by atoms with E-state index >= 15 is 0 Å². The monoisotopic (exact) mass is 263 g/mol. The van der Waals surface area contributed by atoms with Gasteiger partial charge in [-0.1, -0.05) is 27.7 Å². The lowest BCUT2D eigenvalue weighted by Crippen LogP contribution is -2.12. The summed E-state index contributed by atoms with van der Waals surface area (Å²) in [6.45, 7) is 9.62. The summed E-state index contributed by atoms with van der Waals surface area (Å²) in [5, 5.41) is 3.33. The van der Waals surface area contributed by atoms with Gasteiger partial charge in [0.25, 0.3) is 0 Å². The molecule has 0 aliphatic rings. The van der Waals surface area contributed by atoms with E-state index in [1.807, 2.05) is 12.4 Å². The van der Waals surface area contributed by atoms with Crippen LogP contribution in [0, 0.1) is 0 Å². The summed E-state index contributed by atoms with van der Waals surface area (Å²) in [6, 6.07) is 0. The Morgan fingerprint density at radius 3 is 2.72 bits per heavy atom. The number of aromatic nitrogens is 3. The smallest absolute Gasteiger partial charge is 0.113 e. The minimum atomic E-state index is 0.135. The normalized spacial score (nSPS) is 12.0. The van der Waals surface area contributed by atoms with Crippen LogP contribution in [-0.2, 0) is 18.4 Å². The van der Waals surface area contributed by atoms with Gasteiger partial charge in [0.2, 0.25) is 0 Å². The van der Waals surface area contributed by atoms with Crippen LogP contribution in [0.3, 0.4) is 0 Å². The molecule has 0 amide bonds. The van der Waals surface area contributed by atoms with Gasteiger partial charge < -0.3 is 4.57 Å². The summed E-state index contributed by atoms with van der Waals surface area (Å²) < 4.78 is 2.20. The van der Waals surface area contributed by atoms with Crippen molar-refractivity contribution in [2.45, 2.75) is 52.5 Å². The van der Waals surface area contributed by atoms with Gasteiger partial charge in [-0.05, 0) is 6.42 Å². The molecule has 0 aliphatic carbocycles. The number of nitrogens with zero attached hydrogens (tertiary/aromatic N) is 3. The van der Waals surface area contributed by atoms with Crippen LogP contribution >= 0.6 is 11.3 Å². The molecular formula is C14H21N3S. The van der Waals surface area contributed by atoms with E-state index in [1.165, 1.54) is 5.69 Å². The first-order chi connectivity index (χ1) is 8.50. The zero-order valence-electron chi connectivity index (χ0n) is 11.6. The fourth-order valence-corrected chi connectivity index (χ4v) is 2.83. The number of hydrogen-bond acceptors (Lipinski definition) is 3. The van der Waals surface area contributed by atoms with Crippen LogP contribution in [0.2, 0.25) is 0 Å². The van der Waals surface area contributed by atoms with Crippen LogP contribution < -0.4 is 0 Å². The Kier molecular flexibility index (Phi) is 3.85. The molecule has 2 rings (SSSR count). The van der Waals surface area contributed by atoms with E-state index in [1.54, 1.807) is 11.3 Å². The highest BCUT2D eigenvalue weighted by atomic mass is 32.1. The molecule has 0 radical (unpaired) electrons. The zero-order valence-corrected chi connectivity index (χ0v) is 12.4. The summed E-state index contributed by atoms with van der Waals surface area (Å²) in [5.41, 5.74) is 1.32. The highest BCUT2D eigenvalue weighted by Gasteiger charge is 2.17. The molecule has 0 unspecified atom stereocenters. The molecular weight excluding hydrogens is 242 g/mol. The molecule has 0 atom stereocenters. The maximum absolute atomic E-state index is 4.73. The van der Waals surface area contributed by atoms with Crippen molar-refractivity contribution in [3.05, 3.63) is 34.3 Å². The van der Waals surface area contributed by atoms with E-state index in [9.17, 15) is 0 Å². The number of imidazole rings is 1. The number of rotatable bonds is 4. The maximum Gasteiger partial charge on any atom is 0.113 e. The topological polar surface area (TPSA) is 30.7 Å². The van der Waals surface area contributed by atoms with E-state index in [-0.39, 0.29) is 5.41 Å². The molecule has 2 aromatic rings. The lowest BCUT2D eigenvalue weighted by atomic mass is 9.93. The molecule has 2 heterocycles. The first kappa shape index (κ1) is 13.3. The van der Waals surface area contributed by atoms with Crippen LogP contribution in [-0.4, -0.2) is 14.5 Å². The molecule has 2 aromatic heterocycles. The Hall–Kier alpha value is -1.16. The van der Waals surface area contributed by atoms with Crippen LogP contribution in [0.1, 0.15) is 50.6 Å². The lowest BCUT2D eigenvalue weighted by Gasteiger charge is -2.14. The molecule has 0 aliphatic heterocycles. The van der Waals surface area contributed by atoms with E-state index in [0.29, 0.717) is 0 Å².